The van der Waals surface area contributed by atoms with E-state index >= 15 is 0 Å². The highest BCUT2D eigenvalue weighted by Crippen LogP contribution is 2.40. The summed E-state index contributed by atoms with van der Waals surface area (Å²) in [5, 5.41) is 0. The third kappa shape index (κ3) is 3.82. The van der Waals surface area contributed by atoms with Crippen molar-refractivity contribution in [3.8, 4) is 17.2 Å². The molecule has 0 aliphatic carbocycles. The molecule has 1 aromatic rings. The van der Waals surface area contributed by atoms with E-state index in [4.69, 9.17) is 31.2 Å². The van der Waals surface area contributed by atoms with Crippen LogP contribution in [-0.2, 0) is 9.53 Å². The molecule has 1 aromatic carbocycles. The first-order valence-corrected chi connectivity index (χ1v) is 9.46. The molecule has 2 aliphatic heterocycles. The Morgan fingerprint density at radius 2 is 1.96 bits per heavy atom. The Hall–Kier alpha value is -1.77. The van der Waals surface area contributed by atoms with Crippen molar-refractivity contribution in [2.24, 2.45) is 0 Å². The summed E-state index contributed by atoms with van der Waals surface area (Å²) >= 11 is 6.68. The second-order valence-electron chi connectivity index (χ2n) is 5.89. The summed E-state index contributed by atoms with van der Waals surface area (Å²) in [6, 6.07) is 3.60. The maximum Gasteiger partial charge on any atom is 0.266 e. The van der Waals surface area contributed by atoms with Crippen molar-refractivity contribution in [3.05, 3.63) is 22.6 Å². The van der Waals surface area contributed by atoms with Crippen LogP contribution in [0.15, 0.2) is 17.0 Å². The van der Waals surface area contributed by atoms with E-state index in [0.29, 0.717) is 33.0 Å². The molecule has 3 rings (SSSR count). The lowest BCUT2D eigenvalue weighted by Crippen LogP contribution is -2.35. The quantitative estimate of drug-likeness (QED) is 0.542. The summed E-state index contributed by atoms with van der Waals surface area (Å²) in [6.07, 6.45) is 3.85. The van der Waals surface area contributed by atoms with Gasteiger partial charge in [0.15, 0.2) is 11.5 Å². The summed E-state index contributed by atoms with van der Waals surface area (Å²) < 4.78 is 22.2. The molecule has 6 nitrogen and oxygen atoms in total. The molecule has 2 saturated heterocycles. The largest absolute Gasteiger partial charge is 0.493 e. The lowest BCUT2D eigenvalue weighted by Gasteiger charge is -2.18. The van der Waals surface area contributed by atoms with E-state index in [0.717, 1.165) is 25.0 Å². The minimum Gasteiger partial charge on any atom is -0.493 e. The molecule has 0 unspecified atom stereocenters. The Kier molecular flexibility index (Phi) is 6.05. The van der Waals surface area contributed by atoms with Crippen LogP contribution in [-0.4, -0.2) is 55.7 Å². The van der Waals surface area contributed by atoms with E-state index in [-0.39, 0.29) is 12.0 Å². The van der Waals surface area contributed by atoms with Gasteiger partial charge in [0.1, 0.15) is 4.32 Å². The molecule has 140 valence electrons. The molecule has 26 heavy (non-hydrogen) atoms. The molecule has 0 saturated carbocycles. The van der Waals surface area contributed by atoms with Crippen LogP contribution in [0.2, 0.25) is 0 Å². The van der Waals surface area contributed by atoms with E-state index in [1.165, 1.54) is 11.8 Å². The second-order valence-corrected chi connectivity index (χ2v) is 7.56. The predicted molar refractivity (Wildman–Crippen MR) is 105 cm³/mol. The smallest absolute Gasteiger partial charge is 0.266 e. The molecule has 0 aromatic heterocycles. The zero-order valence-corrected chi connectivity index (χ0v) is 16.6. The first kappa shape index (κ1) is 19.0. The van der Waals surface area contributed by atoms with Crippen molar-refractivity contribution in [2.75, 3.05) is 34.5 Å². The van der Waals surface area contributed by atoms with Gasteiger partial charge in [-0.3, -0.25) is 9.69 Å². The van der Waals surface area contributed by atoms with Gasteiger partial charge in [-0.2, -0.15) is 0 Å². The fraction of sp³-hybridized carbons (Fsp3) is 0.444. The number of carbonyl (C=O) groups is 1. The zero-order valence-electron chi connectivity index (χ0n) is 14.9. The van der Waals surface area contributed by atoms with Crippen molar-refractivity contribution >= 4 is 40.3 Å². The van der Waals surface area contributed by atoms with Gasteiger partial charge in [0.2, 0.25) is 5.75 Å². The topological polar surface area (TPSA) is 57.2 Å². The van der Waals surface area contributed by atoms with Crippen LogP contribution in [0.3, 0.4) is 0 Å². The van der Waals surface area contributed by atoms with Gasteiger partial charge in [0.25, 0.3) is 5.91 Å². The van der Waals surface area contributed by atoms with Gasteiger partial charge in [-0.25, -0.2) is 0 Å². The summed E-state index contributed by atoms with van der Waals surface area (Å²) in [5.74, 6) is 1.49. The predicted octanol–water partition coefficient (Wildman–Crippen LogP) is 3.09. The Labute approximate surface area is 162 Å². The van der Waals surface area contributed by atoms with Crippen LogP contribution < -0.4 is 14.2 Å². The molecule has 2 fully saturated rings. The number of benzene rings is 1. The standard InChI is InChI=1S/C18H21NO5S2/c1-21-13-7-11(8-14(22-2)16(13)23-3)9-15-17(20)19(18(25)26-15)10-12-5-4-6-24-12/h7-9,12H,4-6,10H2,1-3H3/b15-9-/t12-/m1/s1. The molecule has 0 spiro atoms. The van der Waals surface area contributed by atoms with E-state index in [1.807, 2.05) is 0 Å². The molecule has 0 bridgehead atoms. The van der Waals surface area contributed by atoms with Crippen molar-refractivity contribution < 1.29 is 23.7 Å². The van der Waals surface area contributed by atoms with Crippen LogP contribution in [0.25, 0.3) is 6.08 Å². The molecule has 0 N–H and O–H groups in total. The first-order chi connectivity index (χ1) is 12.6. The van der Waals surface area contributed by atoms with Gasteiger partial charge in [-0.1, -0.05) is 24.0 Å². The summed E-state index contributed by atoms with van der Waals surface area (Å²) in [7, 11) is 4.67. The van der Waals surface area contributed by atoms with E-state index < -0.39 is 0 Å². The van der Waals surface area contributed by atoms with Crippen molar-refractivity contribution in [1.29, 1.82) is 0 Å². The minimum absolute atomic E-state index is 0.0676. The molecule has 8 heteroatoms. The number of hydrogen-bond acceptors (Lipinski definition) is 7. The van der Waals surface area contributed by atoms with E-state index in [9.17, 15) is 4.79 Å². The zero-order chi connectivity index (χ0) is 18.7. The van der Waals surface area contributed by atoms with E-state index in [1.54, 1.807) is 44.4 Å². The average Bonchev–Trinajstić information content (AvgIpc) is 3.25. The Balaban J connectivity index is 1.85. The van der Waals surface area contributed by atoms with Crippen molar-refractivity contribution in [3.63, 3.8) is 0 Å². The number of ether oxygens (including phenoxy) is 4. The third-order valence-corrected chi connectivity index (χ3v) is 5.65. The number of methoxy groups -OCH3 is 3. The monoisotopic (exact) mass is 395 g/mol. The van der Waals surface area contributed by atoms with Crippen molar-refractivity contribution in [1.82, 2.24) is 4.90 Å². The number of nitrogens with zero attached hydrogens (tertiary/aromatic N) is 1. The molecule has 2 aliphatic rings. The van der Waals surface area contributed by atoms with Crippen LogP contribution >= 0.6 is 24.0 Å². The fourth-order valence-corrected chi connectivity index (χ4v) is 4.26. The maximum atomic E-state index is 12.7. The molecule has 0 radical (unpaired) electrons. The van der Waals surface area contributed by atoms with Gasteiger partial charge in [-0.05, 0) is 36.6 Å². The summed E-state index contributed by atoms with van der Waals surface area (Å²) in [5.41, 5.74) is 0.775. The molecular formula is C18H21NO5S2. The highest BCUT2D eigenvalue weighted by molar-refractivity contribution is 8.26. The lowest BCUT2D eigenvalue weighted by molar-refractivity contribution is -0.123. The van der Waals surface area contributed by atoms with Gasteiger partial charge in [0, 0.05) is 6.61 Å². The van der Waals surface area contributed by atoms with E-state index in [2.05, 4.69) is 0 Å². The van der Waals surface area contributed by atoms with Gasteiger partial charge in [0.05, 0.1) is 38.9 Å². The Bertz CT molecular complexity index is 718. The van der Waals surface area contributed by atoms with Gasteiger partial charge < -0.3 is 18.9 Å². The molecule has 1 amide bonds. The van der Waals surface area contributed by atoms with Crippen LogP contribution in [0, 0.1) is 0 Å². The highest BCUT2D eigenvalue weighted by Gasteiger charge is 2.34. The normalized spacial score (nSPS) is 21.6. The lowest BCUT2D eigenvalue weighted by atomic mass is 10.1. The number of thiocarbonyl (C=S) groups is 1. The molecule has 2 heterocycles. The fourth-order valence-electron chi connectivity index (χ4n) is 2.99. The van der Waals surface area contributed by atoms with Crippen molar-refractivity contribution in [2.45, 2.75) is 18.9 Å². The van der Waals surface area contributed by atoms with Crippen LogP contribution in [0.5, 0.6) is 17.2 Å². The number of thioether (sulfide) groups is 1. The van der Waals surface area contributed by atoms with Crippen LogP contribution in [0.4, 0.5) is 0 Å². The number of carbonyl (C=O) groups excluding carboxylic acids is 1. The minimum atomic E-state index is -0.0933. The van der Waals surface area contributed by atoms with Gasteiger partial charge in [-0.15, -0.1) is 0 Å². The number of rotatable bonds is 6. The number of amides is 1. The first-order valence-electron chi connectivity index (χ1n) is 8.24. The van der Waals surface area contributed by atoms with Crippen LogP contribution in [0.1, 0.15) is 18.4 Å². The summed E-state index contributed by atoms with van der Waals surface area (Å²) in [4.78, 5) is 14.9. The third-order valence-electron chi connectivity index (χ3n) is 4.27. The Morgan fingerprint density at radius 3 is 2.50 bits per heavy atom. The number of hydrogen-bond donors (Lipinski definition) is 0. The maximum absolute atomic E-state index is 12.7. The SMILES string of the molecule is COc1cc(/C=C2\SC(=S)N(C[C@H]3CCCO3)C2=O)cc(OC)c1OC. The Morgan fingerprint density at radius 1 is 1.27 bits per heavy atom. The highest BCUT2D eigenvalue weighted by atomic mass is 32.2. The average molecular weight is 396 g/mol. The summed E-state index contributed by atoms with van der Waals surface area (Å²) in [6.45, 7) is 1.26. The van der Waals surface area contributed by atoms with Gasteiger partial charge >= 0.3 is 0 Å². The molecular weight excluding hydrogens is 374 g/mol. The second kappa shape index (κ2) is 8.28. The molecule has 1 atom stereocenters.